The number of aryl methyl sites for hydroxylation is 1. The second-order valence-electron chi connectivity index (χ2n) is 5.21. The zero-order valence-electron chi connectivity index (χ0n) is 12.3. The van der Waals surface area contributed by atoms with Crippen LogP contribution in [-0.2, 0) is 6.42 Å². The van der Waals surface area contributed by atoms with Crippen molar-refractivity contribution in [1.82, 2.24) is 0 Å². The largest absolute Gasteiger partial charge is 0.0859 e. The number of hydrogen-bond acceptors (Lipinski definition) is 0. The van der Waals surface area contributed by atoms with Crippen molar-refractivity contribution in [3.8, 4) is 0 Å². The SMILES string of the molecule is CCC=C(C)CCC=C(C)Cc1cccc(C)c1. The Morgan fingerprint density at radius 3 is 2.56 bits per heavy atom. The molecule has 0 heterocycles. The fourth-order valence-electron chi connectivity index (χ4n) is 2.21. The normalized spacial score (nSPS) is 12.9. The highest BCUT2D eigenvalue weighted by atomic mass is 14.0. The minimum atomic E-state index is 1.08. The molecule has 0 saturated carbocycles. The van der Waals surface area contributed by atoms with Gasteiger partial charge >= 0.3 is 0 Å². The first-order chi connectivity index (χ1) is 8.61. The summed E-state index contributed by atoms with van der Waals surface area (Å²) in [5.74, 6) is 0. The predicted molar refractivity (Wildman–Crippen MR) is 81.9 cm³/mol. The molecule has 0 unspecified atom stereocenters. The Kier molecular flexibility index (Phi) is 6.49. The molecule has 0 spiro atoms. The Morgan fingerprint density at radius 1 is 1.11 bits per heavy atom. The quantitative estimate of drug-likeness (QED) is 0.568. The lowest BCUT2D eigenvalue weighted by Crippen LogP contribution is -1.88. The smallest absolute Gasteiger partial charge is 0.00698 e. The summed E-state index contributed by atoms with van der Waals surface area (Å²) >= 11 is 0. The zero-order chi connectivity index (χ0) is 13.4. The van der Waals surface area contributed by atoms with Crippen molar-refractivity contribution in [2.24, 2.45) is 0 Å². The summed E-state index contributed by atoms with van der Waals surface area (Å²) in [7, 11) is 0. The zero-order valence-corrected chi connectivity index (χ0v) is 12.3. The van der Waals surface area contributed by atoms with E-state index in [0.717, 1.165) is 12.8 Å². The fraction of sp³-hybridized carbons (Fsp3) is 0.444. The van der Waals surface area contributed by atoms with Crippen molar-refractivity contribution in [3.05, 3.63) is 58.7 Å². The summed E-state index contributed by atoms with van der Waals surface area (Å²) in [5, 5.41) is 0. The van der Waals surface area contributed by atoms with E-state index in [9.17, 15) is 0 Å². The first-order valence-electron chi connectivity index (χ1n) is 6.98. The van der Waals surface area contributed by atoms with E-state index < -0.39 is 0 Å². The maximum absolute atomic E-state index is 2.38. The van der Waals surface area contributed by atoms with Gasteiger partial charge < -0.3 is 0 Å². The van der Waals surface area contributed by atoms with Crippen LogP contribution in [-0.4, -0.2) is 0 Å². The third kappa shape index (κ3) is 5.86. The Labute approximate surface area is 112 Å². The van der Waals surface area contributed by atoms with Gasteiger partial charge in [-0.2, -0.15) is 0 Å². The van der Waals surface area contributed by atoms with Crippen molar-refractivity contribution < 1.29 is 0 Å². The Morgan fingerprint density at radius 2 is 1.89 bits per heavy atom. The van der Waals surface area contributed by atoms with Crippen LogP contribution < -0.4 is 0 Å². The highest BCUT2D eigenvalue weighted by molar-refractivity contribution is 5.26. The summed E-state index contributed by atoms with van der Waals surface area (Å²) < 4.78 is 0. The maximum Gasteiger partial charge on any atom is -0.00698 e. The van der Waals surface area contributed by atoms with Gasteiger partial charge in [0.25, 0.3) is 0 Å². The second-order valence-corrected chi connectivity index (χ2v) is 5.21. The van der Waals surface area contributed by atoms with E-state index in [1.807, 2.05) is 0 Å². The van der Waals surface area contributed by atoms with Crippen LogP contribution in [0.25, 0.3) is 0 Å². The van der Waals surface area contributed by atoms with Gasteiger partial charge in [-0.25, -0.2) is 0 Å². The monoisotopic (exact) mass is 242 g/mol. The minimum absolute atomic E-state index is 1.08. The molecule has 0 bridgehead atoms. The van der Waals surface area contributed by atoms with Gasteiger partial charge in [0.05, 0.1) is 0 Å². The van der Waals surface area contributed by atoms with Gasteiger partial charge in [0.1, 0.15) is 0 Å². The number of allylic oxidation sites excluding steroid dienone is 4. The first-order valence-corrected chi connectivity index (χ1v) is 6.98. The molecule has 0 N–H and O–H groups in total. The van der Waals surface area contributed by atoms with Crippen molar-refractivity contribution in [2.45, 2.75) is 53.4 Å². The van der Waals surface area contributed by atoms with E-state index in [0.29, 0.717) is 0 Å². The lowest BCUT2D eigenvalue weighted by atomic mass is 10.0. The first kappa shape index (κ1) is 14.8. The maximum atomic E-state index is 2.38. The van der Waals surface area contributed by atoms with Gasteiger partial charge in [0.2, 0.25) is 0 Å². The van der Waals surface area contributed by atoms with Crippen LogP contribution in [0.2, 0.25) is 0 Å². The summed E-state index contributed by atoms with van der Waals surface area (Å²) in [6, 6.07) is 8.79. The molecule has 0 aliphatic heterocycles. The molecule has 1 aromatic carbocycles. The highest BCUT2D eigenvalue weighted by Gasteiger charge is 1.95. The molecule has 0 heteroatoms. The van der Waals surface area contributed by atoms with Gasteiger partial charge in [0.15, 0.2) is 0 Å². The van der Waals surface area contributed by atoms with Crippen molar-refractivity contribution in [3.63, 3.8) is 0 Å². The van der Waals surface area contributed by atoms with E-state index in [4.69, 9.17) is 0 Å². The molecular weight excluding hydrogens is 216 g/mol. The summed E-state index contributed by atoms with van der Waals surface area (Å²) in [6.07, 6.45) is 9.30. The van der Waals surface area contributed by atoms with Gasteiger partial charge in [-0.3, -0.25) is 0 Å². The van der Waals surface area contributed by atoms with Crippen molar-refractivity contribution >= 4 is 0 Å². The standard InChI is InChI=1S/C18H26/c1-5-8-15(2)9-6-10-16(3)13-18-12-7-11-17(4)14-18/h7-8,10-12,14H,5-6,9,13H2,1-4H3. The molecule has 0 atom stereocenters. The third-order valence-corrected chi connectivity index (χ3v) is 3.15. The van der Waals surface area contributed by atoms with Crippen LogP contribution in [0.15, 0.2) is 47.6 Å². The lowest BCUT2D eigenvalue weighted by Gasteiger charge is -2.04. The van der Waals surface area contributed by atoms with Crippen LogP contribution in [0.4, 0.5) is 0 Å². The summed E-state index contributed by atoms with van der Waals surface area (Å²) in [5.41, 5.74) is 5.76. The van der Waals surface area contributed by atoms with E-state index in [1.54, 1.807) is 0 Å². The highest BCUT2D eigenvalue weighted by Crippen LogP contribution is 2.12. The van der Waals surface area contributed by atoms with Crippen LogP contribution in [0.1, 0.15) is 51.2 Å². The molecule has 0 aromatic heterocycles. The minimum Gasteiger partial charge on any atom is -0.0859 e. The van der Waals surface area contributed by atoms with Gasteiger partial charge in [-0.1, -0.05) is 60.1 Å². The average molecular weight is 242 g/mol. The third-order valence-electron chi connectivity index (χ3n) is 3.15. The average Bonchev–Trinajstić information content (AvgIpc) is 2.29. The Balaban J connectivity index is 2.45. The molecule has 1 aromatic rings. The number of rotatable bonds is 6. The fourth-order valence-corrected chi connectivity index (χ4v) is 2.21. The molecule has 0 amide bonds. The lowest BCUT2D eigenvalue weighted by molar-refractivity contribution is 0.943. The molecule has 0 fully saturated rings. The number of hydrogen-bond donors (Lipinski definition) is 0. The van der Waals surface area contributed by atoms with Crippen molar-refractivity contribution in [1.29, 1.82) is 0 Å². The second kappa shape index (κ2) is 7.92. The molecular formula is C18H26. The molecule has 0 nitrogen and oxygen atoms in total. The molecule has 0 aliphatic rings. The predicted octanol–water partition coefficient (Wildman–Crippen LogP) is 5.62. The van der Waals surface area contributed by atoms with E-state index >= 15 is 0 Å². The molecule has 0 radical (unpaired) electrons. The number of benzene rings is 1. The van der Waals surface area contributed by atoms with Gasteiger partial charge in [-0.05, 0) is 52.0 Å². The topological polar surface area (TPSA) is 0 Å². The molecule has 1 rings (SSSR count). The van der Waals surface area contributed by atoms with E-state index in [1.165, 1.54) is 35.1 Å². The van der Waals surface area contributed by atoms with Crippen molar-refractivity contribution in [2.75, 3.05) is 0 Å². The van der Waals surface area contributed by atoms with Crippen LogP contribution in [0.5, 0.6) is 0 Å². The van der Waals surface area contributed by atoms with E-state index in [-0.39, 0.29) is 0 Å². The van der Waals surface area contributed by atoms with Crippen LogP contribution in [0, 0.1) is 6.92 Å². The summed E-state index contributed by atoms with van der Waals surface area (Å²) in [6.45, 7) is 8.82. The van der Waals surface area contributed by atoms with Crippen LogP contribution in [0.3, 0.4) is 0 Å². The molecule has 98 valence electrons. The van der Waals surface area contributed by atoms with Crippen LogP contribution >= 0.6 is 0 Å². The van der Waals surface area contributed by atoms with Gasteiger partial charge in [0, 0.05) is 0 Å². The van der Waals surface area contributed by atoms with E-state index in [2.05, 4.69) is 64.1 Å². The van der Waals surface area contributed by atoms with Gasteiger partial charge in [-0.15, -0.1) is 0 Å². The molecule has 0 aliphatic carbocycles. The summed E-state index contributed by atoms with van der Waals surface area (Å²) in [4.78, 5) is 0. The Hall–Kier alpha value is -1.30. The Bertz CT molecular complexity index is 421. The molecule has 0 saturated heterocycles. The molecule has 18 heavy (non-hydrogen) atoms.